The van der Waals surface area contributed by atoms with Gasteiger partial charge < -0.3 is 4.74 Å². The van der Waals surface area contributed by atoms with Crippen molar-refractivity contribution in [2.75, 3.05) is 0 Å². The topological polar surface area (TPSA) is 89.9 Å². The minimum absolute atomic E-state index is 0.0936. The smallest absolute Gasteiger partial charge is 0.361 e. The van der Waals surface area contributed by atoms with Crippen molar-refractivity contribution in [1.29, 1.82) is 0 Å². The van der Waals surface area contributed by atoms with Gasteiger partial charge >= 0.3 is 5.69 Å². The zero-order valence-corrected chi connectivity index (χ0v) is 15.8. The minimum atomic E-state index is -0.395. The first kappa shape index (κ1) is 18.8. The number of nitrogens with one attached hydrogen (secondary N) is 1. The number of H-pyrrole nitrogens is 1. The van der Waals surface area contributed by atoms with Gasteiger partial charge in [0.2, 0.25) is 0 Å². The van der Waals surface area contributed by atoms with Crippen LogP contribution in [0, 0.1) is 6.92 Å². The predicted molar refractivity (Wildman–Crippen MR) is 101 cm³/mol. The predicted octanol–water partition coefficient (Wildman–Crippen LogP) is 3.15. The van der Waals surface area contributed by atoms with Crippen molar-refractivity contribution in [3.63, 3.8) is 0 Å². The van der Waals surface area contributed by atoms with Crippen molar-refractivity contribution in [2.24, 2.45) is 0 Å². The number of rotatable bonds is 7. The molecule has 0 radical (unpaired) electrons. The number of aromatic nitrogens is 4. The lowest BCUT2D eigenvalue weighted by Gasteiger charge is -2.14. The van der Waals surface area contributed by atoms with Crippen LogP contribution in [0.4, 0.5) is 0 Å². The largest absolute Gasteiger partial charge is 0.489 e. The van der Waals surface area contributed by atoms with E-state index in [4.69, 9.17) is 16.3 Å². The first-order valence-electron chi connectivity index (χ1n) is 8.50. The van der Waals surface area contributed by atoms with Gasteiger partial charge in [-0.3, -0.25) is 4.79 Å². The molecule has 0 saturated carbocycles. The van der Waals surface area contributed by atoms with Crippen LogP contribution in [0.2, 0.25) is 5.02 Å². The van der Waals surface area contributed by atoms with Gasteiger partial charge in [0, 0.05) is 22.6 Å². The molecule has 1 heterocycles. The fourth-order valence-corrected chi connectivity index (χ4v) is 2.98. The molecule has 8 heteroatoms. The normalized spacial score (nSPS) is 10.8. The highest BCUT2D eigenvalue weighted by Gasteiger charge is 2.12. The second-order valence-corrected chi connectivity index (χ2v) is 6.49. The van der Waals surface area contributed by atoms with Crippen molar-refractivity contribution in [3.05, 3.63) is 74.2 Å². The Labute approximate surface area is 160 Å². The van der Waals surface area contributed by atoms with Gasteiger partial charge in [-0.15, -0.1) is 0 Å². The highest BCUT2D eigenvalue weighted by molar-refractivity contribution is 6.31. The zero-order valence-electron chi connectivity index (χ0n) is 15.0. The molecule has 0 amide bonds. The average molecular weight is 387 g/mol. The molecule has 0 saturated heterocycles. The van der Waals surface area contributed by atoms with Crippen LogP contribution >= 0.6 is 11.6 Å². The summed E-state index contributed by atoms with van der Waals surface area (Å²) in [5.41, 5.74) is 2.73. The maximum atomic E-state index is 11.8. The van der Waals surface area contributed by atoms with E-state index in [1.807, 2.05) is 32.0 Å². The minimum Gasteiger partial charge on any atom is -0.489 e. The van der Waals surface area contributed by atoms with Crippen LogP contribution in [0.5, 0.6) is 5.75 Å². The number of aromatic amines is 1. The quantitative estimate of drug-likeness (QED) is 0.630. The van der Waals surface area contributed by atoms with E-state index in [9.17, 15) is 9.59 Å². The number of ketones is 1. The Morgan fingerprint density at radius 3 is 2.78 bits per heavy atom. The first-order chi connectivity index (χ1) is 13.0. The molecule has 3 aromatic rings. The molecule has 3 rings (SSSR count). The van der Waals surface area contributed by atoms with E-state index in [1.165, 1.54) is 4.68 Å². The number of benzene rings is 2. The lowest BCUT2D eigenvalue weighted by Crippen LogP contribution is -2.19. The highest BCUT2D eigenvalue weighted by Crippen LogP contribution is 2.25. The number of carbonyl (C=O) groups is 1. The highest BCUT2D eigenvalue weighted by atomic mass is 35.5. The summed E-state index contributed by atoms with van der Waals surface area (Å²) in [5, 5.41) is 10.0. The monoisotopic (exact) mass is 386 g/mol. The maximum Gasteiger partial charge on any atom is 0.361 e. The van der Waals surface area contributed by atoms with Gasteiger partial charge in [-0.25, -0.2) is 9.89 Å². The van der Waals surface area contributed by atoms with Gasteiger partial charge in [0.05, 0.1) is 6.54 Å². The lowest BCUT2D eigenvalue weighted by atomic mass is 10.1. The number of nitrogens with zero attached hydrogens (tertiary/aromatic N) is 3. The maximum absolute atomic E-state index is 11.8. The lowest BCUT2D eigenvalue weighted by molar-refractivity contribution is 0.0988. The Morgan fingerprint density at radius 1 is 1.30 bits per heavy atom. The summed E-state index contributed by atoms with van der Waals surface area (Å²) in [6.07, 6.45) is 0.462. The Hall–Kier alpha value is -2.93. The molecule has 0 aliphatic heterocycles. The molecule has 1 N–H and O–H groups in total. The van der Waals surface area contributed by atoms with Gasteiger partial charge in [0.15, 0.2) is 5.78 Å². The van der Waals surface area contributed by atoms with Crippen molar-refractivity contribution in [3.8, 4) is 5.75 Å². The average Bonchev–Trinajstić information content (AvgIpc) is 3.06. The van der Waals surface area contributed by atoms with Crippen molar-refractivity contribution in [1.82, 2.24) is 20.2 Å². The third kappa shape index (κ3) is 4.25. The Bertz CT molecular complexity index is 1030. The number of Topliss-reactive ketones (excluding diaryl/α,β-unsaturated/α-hetero) is 1. The molecular weight excluding hydrogens is 368 g/mol. The molecule has 0 aliphatic carbocycles. The second-order valence-electron chi connectivity index (χ2n) is 6.09. The van der Waals surface area contributed by atoms with E-state index < -0.39 is 5.69 Å². The summed E-state index contributed by atoms with van der Waals surface area (Å²) >= 11 is 6.35. The summed E-state index contributed by atoms with van der Waals surface area (Å²) in [6.45, 7) is 4.19. The Morgan fingerprint density at radius 2 is 2.11 bits per heavy atom. The first-order valence-corrected chi connectivity index (χ1v) is 8.88. The number of carbonyl (C=O) groups excluding carboxylic acids is 1. The van der Waals surface area contributed by atoms with Crippen LogP contribution < -0.4 is 10.4 Å². The van der Waals surface area contributed by atoms with Crippen LogP contribution in [0.25, 0.3) is 0 Å². The summed E-state index contributed by atoms with van der Waals surface area (Å²) in [6, 6.07) is 10.8. The fourth-order valence-electron chi connectivity index (χ4n) is 2.73. The van der Waals surface area contributed by atoms with E-state index in [-0.39, 0.29) is 18.9 Å². The third-order valence-electron chi connectivity index (χ3n) is 4.26. The fraction of sp³-hybridized carbons (Fsp3) is 0.263. The Balaban J connectivity index is 1.81. The molecule has 0 atom stereocenters. The van der Waals surface area contributed by atoms with Gasteiger partial charge in [-0.2, -0.15) is 4.68 Å². The van der Waals surface area contributed by atoms with Gasteiger partial charge in [0.1, 0.15) is 12.4 Å². The van der Waals surface area contributed by atoms with Crippen LogP contribution in [0.1, 0.15) is 40.4 Å². The number of aryl methyl sites for hydroxylation is 1. The van der Waals surface area contributed by atoms with Crippen molar-refractivity contribution >= 4 is 17.4 Å². The molecule has 0 spiro atoms. The number of hydrogen-bond acceptors (Lipinski definition) is 5. The summed E-state index contributed by atoms with van der Waals surface area (Å²) in [7, 11) is 0. The van der Waals surface area contributed by atoms with Crippen LogP contribution in [-0.4, -0.2) is 26.0 Å². The van der Waals surface area contributed by atoms with Crippen LogP contribution in [0.15, 0.2) is 41.2 Å². The Kier molecular flexibility index (Phi) is 5.71. The van der Waals surface area contributed by atoms with Gasteiger partial charge in [0.25, 0.3) is 0 Å². The molecule has 7 nitrogen and oxygen atoms in total. The summed E-state index contributed by atoms with van der Waals surface area (Å²) < 4.78 is 7.15. The number of ether oxygens (including phenoxy) is 1. The molecule has 0 bridgehead atoms. The van der Waals surface area contributed by atoms with Gasteiger partial charge in [-0.1, -0.05) is 30.7 Å². The van der Waals surface area contributed by atoms with Gasteiger partial charge in [-0.05, 0) is 52.7 Å². The van der Waals surface area contributed by atoms with Crippen molar-refractivity contribution in [2.45, 2.75) is 33.4 Å². The SMILES string of the molecule is CCC(=O)c1ccc(OCc2c(Cl)cccc2Cn2nn[nH]c2=O)c(C)c1. The second kappa shape index (κ2) is 8.18. The standard InChI is InChI=1S/C19H19ClN4O3/c1-3-17(25)13-7-8-18(12(2)9-13)27-11-15-14(5-4-6-16(15)20)10-24-19(26)21-22-23-24/h4-9H,3,10-11H2,1-2H3,(H,21,23,26). The van der Waals surface area contributed by atoms with Crippen LogP contribution in [-0.2, 0) is 13.2 Å². The van der Waals surface area contributed by atoms with Crippen molar-refractivity contribution < 1.29 is 9.53 Å². The number of hydrogen-bond donors (Lipinski definition) is 1. The molecular formula is C19H19ClN4O3. The van der Waals surface area contributed by atoms with E-state index in [1.54, 1.807) is 18.2 Å². The molecule has 27 heavy (non-hydrogen) atoms. The third-order valence-corrected chi connectivity index (χ3v) is 4.61. The zero-order chi connectivity index (χ0) is 19.4. The molecule has 0 fully saturated rings. The summed E-state index contributed by atoms with van der Waals surface area (Å²) in [4.78, 5) is 23.5. The van der Waals surface area contributed by atoms with E-state index in [0.717, 1.165) is 16.7 Å². The molecule has 140 valence electrons. The summed E-state index contributed by atoms with van der Waals surface area (Å²) in [5.74, 6) is 0.767. The number of tetrazole rings is 1. The molecule has 2 aromatic carbocycles. The molecule has 0 aliphatic rings. The van der Waals surface area contributed by atoms with E-state index >= 15 is 0 Å². The van der Waals surface area contributed by atoms with E-state index in [0.29, 0.717) is 22.8 Å². The van der Waals surface area contributed by atoms with Crippen LogP contribution in [0.3, 0.4) is 0 Å². The molecule has 0 unspecified atom stereocenters. The number of halogens is 1. The molecule has 1 aromatic heterocycles. The van der Waals surface area contributed by atoms with E-state index in [2.05, 4.69) is 15.5 Å².